The summed E-state index contributed by atoms with van der Waals surface area (Å²) < 4.78 is 0. The van der Waals surface area contributed by atoms with Crippen LogP contribution in [0.2, 0.25) is 0 Å². The Hall–Kier alpha value is -2.37. The number of hydrazine groups is 1. The van der Waals surface area contributed by atoms with Crippen molar-refractivity contribution in [3.63, 3.8) is 0 Å². The lowest BCUT2D eigenvalue weighted by Gasteiger charge is -2.09. The van der Waals surface area contributed by atoms with Crippen molar-refractivity contribution in [2.75, 3.05) is 0 Å². The summed E-state index contributed by atoms with van der Waals surface area (Å²) >= 11 is 0. The van der Waals surface area contributed by atoms with E-state index in [1.165, 1.54) is 6.92 Å². The fourth-order valence-electron chi connectivity index (χ4n) is 0.981. The molecule has 0 aromatic heterocycles. The van der Waals surface area contributed by atoms with E-state index in [1.54, 1.807) is 30.3 Å². The number of carbonyl (C=O) groups is 3. The summed E-state index contributed by atoms with van der Waals surface area (Å²) in [7, 11) is 0. The van der Waals surface area contributed by atoms with Gasteiger partial charge in [-0.05, 0) is 19.1 Å². The number of hydrogen-bond acceptors (Lipinski definition) is 3. The molecule has 1 aromatic rings. The molecule has 4 N–H and O–H groups in total. The summed E-state index contributed by atoms with van der Waals surface area (Å²) in [5.41, 5.74) is 9.55. The van der Waals surface area contributed by atoms with Crippen molar-refractivity contribution >= 4 is 17.7 Å². The molecular weight excluding hydrogens is 222 g/mol. The Kier molecular flexibility index (Phi) is 4.21. The summed E-state index contributed by atoms with van der Waals surface area (Å²) in [4.78, 5) is 33.4. The minimum Gasteiger partial charge on any atom is -0.369 e. The number of amides is 3. The minimum atomic E-state index is -0.837. The van der Waals surface area contributed by atoms with Gasteiger partial charge in [-0.25, -0.2) is 0 Å². The highest BCUT2D eigenvalue weighted by atomic mass is 16.2. The second kappa shape index (κ2) is 5.64. The lowest BCUT2D eigenvalue weighted by molar-refractivity contribution is -0.125. The second-order valence-electron chi connectivity index (χ2n) is 3.26. The number of primary amides is 1. The molecular formula is C11H12N3O3. The molecule has 1 aromatic carbocycles. The third kappa shape index (κ3) is 3.60. The van der Waals surface area contributed by atoms with Crippen molar-refractivity contribution in [1.82, 2.24) is 10.9 Å². The lowest BCUT2D eigenvalue weighted by atomic mass is 10.1. The van der Waals surface area contributed by atoms with Gasteiger partial charge < -0.3 is 5.73 Å². The van der Waals surface area contributed by atoms with Gasteiger partial charge >= 0.3 is 0 Å². The molecule has 0 bridgehead atoms. The maximum atomic E-state index is 11.5. The van der Waals surface area contributed by atoms with E-state index in [1.807, 2.05) is 0 Å². The van der Waals surface area contributed by atoms with E-state index >= 15 is 0 Å². The van der Waals surface area contributed by atoms with Crippen molar-refractivity contribution in [1.29, 1.82) is 0 Å². The van der Waals surface area contributed by atoms with Crippen LogP contribution in [0.4, 0.5) is 0 Å². The molecule has 3 amide bonds. The van der Waals surface area contributed by atoms with Crippen LogP contribution in [0, 0.1) is 5.92 Å². The third-order valence-corrected chi connectivity index (χ3v) is 2.04. The van der Waals surface area contributed by atoms with Gasteiger partial charge in [-0.2, -0.15) is 0 Å². The first kappa shape index (κ1) is 12.7. The maximum absolute atomic E-state index is 11.5. The first-order valence-electron chi connectivity index (χ1n) is 4.81. The minimum absolute atomic E-state index is 0.182. The third-order valence-electron chi connectivity index (χ3n) is 2.04. The normalized spacial score (nSPS) is 9.76. The molecule has 0 aliphatic rings. The van der Waals surface area contributed by atoms with Crippen LogP contribution in [-0.2, 0) is 9.59 Å². The number of nitrogens with two attached hydrogens (primary N) is 1. The highest BCUT2D eigenvalue weighted by Crippen LogP contribution is 1.98. The number of nitrogens with one attached hydrogen (secondary N) is 2. The highest BCUT2D eigenvalue weighted by molar-refractivity contribution is 6.13. The Morgan fingerprint density at radius 2 is 1.65 bits per heavy atom. The van der Waals surface area contributed by atoms with Crippen LogP contribution < -0.4 is 16.6 Å². The molecule has 1 rings (SSSR count). The van der Waals surface area contributed by atoms with Crippen LogP contribution in [0.5, 0.6) is 0 Å². The first-order chi connectivity index (χ1) is 8.02. The predicted octanol–water partition coefficient (Wildman–Crippen LogP) is -0.473. The summed E-state index contributed by atoms with van der Waals surface area (Å²) in [6.07, 6.45) is 0. The molecule has 0 saturated heterocycles. The zero-order valence-corrected chi connectivity index (χ0v) is 9.19. The Labute approximate surface area is 98.2 Å². The molecule has 0 fully saturated rings. The van der Waals surface area contributed by atoms with Gasteiger partial charge in [0.2, 0.25) is 5.91 Å². The van der Waals surface area contributed by atoms with E-state index in [9.17, 15) is 14.4 Å². The maximum Gasteiger partial charge on any atom is 0.269 e. The fourth-order valence-corrected chi connectivity index (χ4v) is 0.981. The zero-order valence-electron chi connectivity index (χ0n) is 9.19. The average Bonchev–Trinajstić information content (AvgIpc) is 2.35. The van der Waals surface area contributed by atoms with E-state index in [0.29, 0.717) is 5.56 Å². The number of carbonyl (C=O) groups excluding carboxylic acids is 3. The van der Waals surface area contributed by atoms with Crippen molar-refractivity contribution < 1.29 is 14.4 Å². The molecule has 0 heterocycles. The number of hydrogen-bond donors (Lipinski definition) is 3. The summed E-state index contributed by atoms with van der Waals surface area (Å²) in [5.74, 6) is -2.23. The van der Waals surface area contributed by atoms with E-state index in [0.717, 1.165) is 0 Å². The molecule has 6 heteroatoms. The van der Waals surface area contributed by atoms with Crippen molar-refractivity contribution in [3.05, 3.63) is 41.8 Å². The molecule has 89 valence electrons. The smallest absolute Gasteiger partial charge is 0.269 e. The first-order valence-corrected chi connectivity index (χ1v) is 4.81. The van der Waals surface area contributed by atoms with Crippen molar-refractivity contribution in [2.45, 2.75) is 6.92 Å². The van der Waals surface area contributed by atoms with Crippen LogP contribution in [-0.4, -0.2) is 17.7 Å². The number of rotatable bonds is 3. The van der Waals surface area contributed by atoms with Gasteiger partial charge in [0.25, 0.3) is 11.8 Å². The number of benzene rings is 1. The fraction of sp³-hybridized carbons (Fsp3) is 0.0909. The standard InChI is InChI=1S/C11H12N3O3/c1-7(9(12)15)10(16)13-14-11(17)8-5-3-2-4-6-8/h2-6H,1H3,(H2,12,15)(H,13,16)(H,14,17). The molecule has 0 spiro atoms. The molecule has 0 atom stereocenters. The van der Waals surface area contributed by atoms with Crippen LogP contribution >= 0.6 is 0 Å². The highest BCUT2D eigenvalue weighted by Gasteiger charge is 2.20. The van der Waals surface area contributed by atoms with E-state index in [4.69, 9.17) is 5.73 Å². The Balaban J connectivity index is 2.50. The Bertz CT molecular complexity index is 431. The summed E-state index contributed by atoms with van der Waals surface area (Å²) in [6, 6.07) is 8.33. The van der Waals surface area contributed by atoms with Crippen LogP contribution in [0.25, 0.3) is 0 Å². The molecule has 0 aliphatic heterocycles. The van der Waals surface area contributed by atoms with Gasteiger partial charge in [0.15, 0.2) is 0 Å². The molecule has 0 saturated carbocycles. The lowest BCUT2D eigenvalue weighted by Crippen LogP contribution is -2.46. The largest absolute Gasteiger partial charge is 0.369 e. The Morgan fingerprint density at radius 1 is 1.06 bits per heavy atom. The monoisotopic (exact) mass is 234 g/mol. The van der Waals surface area contributed by atoms with Gasteiger partial charge in [0.1, 0.15) is 5.92 Å². The van der Waals surface area contributed by atoms with E-state index < -0.39 is 17.7 Å². The van der Waals surface area contributed by atoms with Crippen LogP contribution in [0.15, 0.2) is 30.3 Å². The molecule has 0 aliphatic carbocycles. The molecule has 17 heavy (non-hydrogen) atoms. The van der Waals surface area contributed by atoms with Crippen LogP contribution in [0.1, 0.15) is 17.3 Å². The predicted molar refractivity (Wildman–Crippen MR) is 60.2 cm³/mol. The quantitative estimate of drug-likeness (QED) is 0.486. The summed E-state index contributed by atoms with van der Waals surface area (Å²) in [6.45, 7) is 1.27. The average molecular weight is 234 g/mol. The van der Waals surface area contributed by atoms with Gasteiger partial charge in [-0.1, -0.05) is 18.2 Å². The Morgan fingerprint density at radius 3 is 2.18 bits per heavy atom. The zero-order chi connectivity index (χ0) is 12.8. The van der Waals surface area contributed by atoms with E-state index in [-0.39, 0.29) is 5.92 Å². The SMILES string of the molecule is C[C](C(N)=O)C(=O)NNC(=O)c1ccccc1. The van der Waals surface area contributed by atoms with Crippen LogP contribution in [0.3, 0.4) is 0 Å². The van der Waals surface area contributed by atoms with E-state index in [2.05, 4.69) is 10.9 Å². The molecule has 1 radical (unpaired) electrons. The van der Waals surface area contributed by atoms with Gasteiger partial charge in [0.05, 0.1) is 0 Å². The van der Waals surface area contributed by atoms with Gasteiger partial charge in [-0.15, -0.1) is 0 Å². The molecule has 6 nitrogen and oxygen atoms in total. The van der Waals surface area contributed by atoms with Crippen molar-refractivity contribution in [3.8, 4) is 0 Å². The van der Waals surface area contributed by atoms with Gasteiger partial charge in [0, 0.05) is 5.56 Å². The molecule has 0 unspecified atom stereocenters. The summed E-state index contributed by atoms with van der Waals surface area (Å²) in [5, 5.41) is 0. The van der Waals surface area contributed by atoms with Gasteiger partial charge in [-0.3, -0.25) is 25.2 Å². The van der Waals surface area contributed by atoms with Crippen molar-refractivity contribution in [2.24, 2.45) is 5.73 Å². The second-order valence-corrected chi connectivity index (χ2v) is 3.26. The topological polar surface area (TPSA) is 101 Å².